The van der Waals surface area contributed by atoms with Gasteiger partial charge in [-0.15, -0.1) is 0 Å². The van der Waals surface area contributed by atoms with Crippen molar-refractivity contribution in [2.45, 2.75) is 64.5 Å². The van der Waals surface area contributed by atoms with Gasteiger partial charge in [0, 0.05) is 50.3 Å². The van der Waals surface area contributed by atoms with Gasteiger partial charge in [0.2, 0.25) is 5.91 Å². The second-order valence-electron chi connectivity index (χ2n) is 9.61. The molecule has 4 rings (SSSR count). The van der Waals surface area contributed by atoms with E-state index in [2.05, 4.69) is 10.1 Å². The third-order valence-electron chi connectivity index (χ3n) is 5.82. The summed E-state index contributed by atoms with van der Waals surface area (Å²) in [6.07, 6.45) is 7.03. The molecule has 2 aliphatic rings. The van der Waals surface area contributed by atoms with Gasteiger partial charge in [0.05, 0.1) is 17.9 Å². The van der Waals surface area contributed by atoms with Gasteiger partial charge in [-0.25, -0.2) is 4.79 Å². The molecule has 2 amide bonds. The van der Waals surface area contributed by atoms with E-state index in [0.29, 0.717) is 37.5 Å². The molecule has 0 saturated carbocycles. The van der Waals surface area contributed by atoms with Crippen molar-refractivity contribution in [3.63, 3.8) is 0 Å². The van der Waals surface area contributed by atoms with Crippen molar-refractivity contribution in [1.82, 2.24) is 19.9 Å². The van der Waals surface area contributed by atoms with Gasteiger partial charge in [-0.3, -0.25) is 9.78 Å². The normalized spacial score (nSPS) is 18.2. The first-order valence-corrected chi connectivity index (χ1v) is 11.6. The predicted molar refractivity (Wildman–Crippen MR) is 121 cm³/mol. The molecule has 33 heavy (non-hydrogen) atoms. The second kappa shape index (κ2) is 9.80. The number of hydrogen-bond acceptors (Lipinski definition) is 7. The van der Waals surface area contributed by atoms with Gasteiger partial charge in [0.15, 0.2) is 5.76 Å². The standard InChI is InChI=1S/C24H32N4O5/c1-24(2,3)32-23(30)28-11-8-19(28)16-31-20-12-17(14-25-15-20)21-13-18(26-33-21)6-7-22(29)27-9-4-5-10-27/h12-15,19H,4-11,16H2,1-3H3/t19-/m0/s1. The van der Waals surface area contributed by atoms with Crippen molar-refractivity contribution in [3.05, 3.63) is 30.2 Å². The molecule has 178 valence electrons. The van der Waals surface area contributed by atoms with Crippen LogP contribution in [0, 0.1) is 0 Å². The Morgan fingerprint density at radius 1 is 1.15 bits per heavy atom. The predicted octanol–water partition coefficient (Wildman–Crippen LogP) is 3.68. The van der Waals surface area contributed by atoms with Gasteiger partial charge in [-0.05, 0) is 46.1 Å². The number of rotatable bonds is 7. The lowest BCUT2D eigenvalue weighted by atomic mass is 10.1. The number of nitrogens with zero attached hydrogens (tertiary/aromatic N) is 4. The summed E-state index contributed by atoms with van der Waals surface area (Å²) in [6, 6.07) is 3.66. The van der Waals surface area contributed by atoms with Gasteiger partial charge >= 0.3 is 6.09 Å². The van der Waals surface area contributed by atoms with E-state index in [-0.39, 0.29) is 18.0 Å². The minimum Gasteiger partial charge on any atom is -0.490 e. The van der Waals surface area contributed by atoms with E-state index in [0.717, 1.165) is 43.6 Å². The average Bonchev–Trinajstić information content (AvgIpc) is 3.42. The first kappa shape index (κ1) is 23.1. The summed E-state index contributed by atoms with van der Waals surface area (Å²) in [5, 5.41) is 4.10. The molecule has 0 N–H and O–H groups in total. The van der Waals surface area contributed by atoms with E-state index >= 15 is 0 Å². The number of pyridine rings is 1. The zero-order valence-corrected chi connectivity index (χ0v) is 19.6. The molecule has 1 atom stereocenters. The SMILES string of the molecule is CC(C)(C)OC(=O)N1CC[C@H]1COc1cncc(-c2cc(CCC(=O)N3CCCC3)no2)c1. The summed E-state index contributed by atoms with van der Waals surface area (Å²) >= 11 is 0. The molecule has 2 fully saturated rings. The van der Waals surface area contributed by atoms with E-state index < -0.39 is 5.60 Å². The minimum absolute atomic E-state index is 0.0199. The Labute approximate surface area is 194 Å². The van der Waals surface area contributed by atoms with Crippen LogP contribution in [0.1, 0.15) is 52.1 Å². The summed E-state index contributed by atoms with van der Waals surface area (Å²) in [7, 11) is 0. The van der Waals surface area contributed by atoms with Crippen molar-refractivity contribution in [2.75, 3.05) is 26.2 Å². The second-order valence-corrected chi connectivity index (χ2v) is 9.61. The molecular formula is C24H32N4O5. The molecule has 0 radical (unpaired) electrons. The van der Waals surface area contributed by atoms with Crippen LogP contribution in [0.2, 0.25) is 0 Å². The lowest BCUT2D eigenvalue weighted by Gasteiger charge is -2.40. The molecule has 0 aromatic carbocycles. The Kier molecular flexibility index (Phi) is 6.85. The minimum atomic E-state index is -0.520. The number of carbonyl (C=O) groups is 2. The summed E-state index contributed by atoms with van der Waals surface area (Å²) in [6.45, 7) is 8.32. The highest BCUT2D eigenvalue weighted by atomic mass is 16.6. The molecule has 9 nitrogen and oxygen atoms in total. The Hall–Kier alpha value is -3.10. The Morgan fingerprint density at radius 3 is 2.64 bits per heavy atom. The number of aryl methyl sites for hydroxylation is 1. The number of aromatic nitrogens is 2. The fraction of sp³-hybridized carbons (Fsp3) is 0.583. The number of ether oxygens (including phenoxy) is 2. The number of carbonyl (C=O) groups excluding carboxylic acids is 2. The molecule has 2 aromatic heterocycles. The number of likely N-dealkylation sites (tertiary alicyclic amines) is 2. The molecule has 9 heteroatoms. The average molecular weight is 457 g/mol. The number of amides is 2. The topological polar surface area (TPSA) is 98.0 Å². The summed E-state index contributed by atoms with van der Waals surface area (Å²) in [4.78, 5) is 32.4. The van der Waals surface area contributed by atoms with Crippen LogP contribution in [0.15, 0.2) is 29.0 Å². The molecule has 0 aliphatic carbocycles. The van der Waals surface area contributed by atoms with E-state index in [4.69, 9.17) is 14.0 Å². The van der Waals surface area contributed by atoms with Gasteiger partial charge in [-0.2, -0.15) is 0 Å². The molecule has 2 aliphatic heterocycles. The van der Waals surface area contributed by atoms with Crippen LogP contribution >= 0.6 is 0 Å². The maximum Gasteiger partial charge on any atom is 0.410 e. The van der Waals surface area contributed by atoms with Crippen LogP contribution in [0.5, 0.6) is 5.75 Å². The molecule has 4 heterocycles. The van der Waals surface area contributed by atoms with Crippen LogP contribution in [0.25, 0.3) is 11.3 Å². The fourth-order valence-corrected chi connectivity index (χ4v) is 3.93. The molecule has 0 bridgehead atoms. The van der Waals surface area contributed by atoms with E-state index in [1.54, 1.807) is 17.3 Å². The summed E-state index contributed by atoms with van der Waals surface area (Å²) in [5.41, 5.74) is 0.967. The van der Waals surface area contributed by atoms with E-state index in [1.807, 2.05) is 37.8 Å². The van der Waals surface area contributed by atoms with Crippen LogP contribution in [0.3, 0.4) is 0 Å². The van der Waals surface area contributed by atoms with Crippen molar-refractivity contribution < 1.29 is 23.6 Å². The molecule has 2 saturated heterocycles. The third kappa shape index (κ3) is 6.03. The first-order valence-electron chi connectivity index (χ1n) is 11.6. The highest BCUT2D eigenvalue weighted by Crippen LogP contribution is 2.26. The van der Waals surface area contributed by atoms with Crippen LogP contribution in [-0.4, -0.2) is 69.8 Å². The third-order valence-corrected chi connectivity index (χ3v) is 5.82. The molecule has 0 spiro atoms. The zero-order valence-electron chi connectivity index (χ0n) is 19.6. The number of hydrogen-bond donors (Lipinski definition) is 0. The molecule has 2 aromatic rings. The van der Waals surface area contributed by atoms with Gasteiger partial charge in [0.1, 0.15) is 18.0 Å². The summed E-state index contributed by atoms with van der Waals surface area (Å²) in [5.74, 6) is 1.34. The highest BCUT2D eigenvalue weighted by Gasteiger charge is 2.35. The smallest absolute Gasteiger partial charge is 0.410 e. The Balaban J connectivity index is 1.29. The Bertz CT molecular complexity index is 977. The lowest BCUT2D eigenvalue weighted by Crippen LogP contribution is -2.55. The van der Waals surface area contributed by atoms with Crippen molar-refractivity contribution in [1.29, 1.82) is 0 Å². The quantitative estimate of drug-likeness (QED) is 0.627. The van der Waals surface area contributed by atoms with E-state index in [9.17, 15) is 9.59 Å². The van der Waals surface area contributed by atoms with Crippen molar-refractivity contribution in [2.24, 2.45) is 0 Å². The van der Waals surface area contributed by atoms with Gasteiger partial charge in [0.25, 0.3) is 0 Å². The Morgan fingerprint density at radius 2 is 1.94 bits per heavy atom. The zero-order chi connectivity index (χ0) is 23.4. The monoisotopic (exact) mass is 456 g/mol. The van der Waals surface area contributed by atoms with Crippen LogP contribution in [0.4, 0.5) is 4.79 Å². The van der Waals surface area contributed by atoms with Gasteiger partial charge in [-0.1, -0.05) is 5.16 Å². The van der Waals surface area contributed by atoms with Crippen LogP contribution < -0.4 is 4.74 Å². The van der Waals surface area contributed by atoms with Crippen molar-refractivity contribution in [3.8, 4) is 17.1 Å². The first-order chi connectivity index (χ1) is 15.8. The largest absolute Gasteiger partial charge is 0.490 e. The summed E-state index contributed by atoms with van der Waals surface area (Å²) < 4.78 is 16.8. The highest BCUT2D eigenvalue weighted by molar-refractivity contribution is 5.76. The van der Waals surface area contributed by atoms with Crippen molar-refractivity contribution >= 4 is 12.0 Å². The molecule has 0 unspecified atom stereocenters. The molecular weight excluding hydrogens is 424 g/mol. The van der Waals surface area contributed by atoms with Gasteiger partial charge < -0.3 is 23.8 Å². The fourth-order valence-electron chi connectivity index (χ4n) is 3.93. The maximum atomic E-state index is 12.3. The van der Waals surface area contributed by atoms with E-state index in [1.165, 1.54) is 0 Å². The lowest BCUT2D eigenvalue weighted by molar-refractivity contribution is -0.130. The van der Waals surface area contributed by atoms with Crippen LogP contribution in [-0.2, 0) is 16.0 Å². The maximum absolute atomic E-state index is 12.3.